The first kappa shape index (κ1) is 20.6. The molecule has 1 amide bonds. The lowest BCUT2D eigenvalue weighted by Crippen LogP contribution is -2.45. The summed E-state index contributed by atoms with van der Waals surface area (Å²) in [6.07, 6.45) is 4.41. The Morgan fingerprint density at radius 1 is 1.30 bits per heavy atom. The number of nitrogens with zero attached hydrogens (tertiary/aromatic N) is 2. The van der Waals surface area contributed by atoms with Crippen molar-refractivity contribution in [2.24, 2.45) is 0 Å². The number of halogens is 1. The standard InChI is InChI=1S/C23H28FN3O3/c1-15(28)27-10-7-17(8-11-27)26-21-13-19(21)20-12-18(29-2)5-6-22(20)30-14-16-4-3-9-25-23(16)24/h3-6,9,12,17,19,21,26H,7-8,10-11,13-14H2,1-2H3. The summed E-state index contributed by atoms with van der Waals surface area (Å²) < 4.78 is 25.2. The number of pyridine rings is 1. The Labute approximate surface area is 176 Å². The maximum Gasteiger partial charge on any atom is 0.219 e. The number of likely N-dealkylation sites (tertiary alicyclic amines) is 1. The fraction of sp³-hybridized carbons (Fsp3) is 0.478. The Balaban J connectivity index is 1.40. The molecule has 6 nitrogen and oxygen atoms in total. The molecule has 30 heavy (non-hydrogen) atoms. The van der Waals surface area contributed by atoms with Gasteiger partial charge in [0.15, 0.2) is 0 Å². The van der Waals surface area contributed by atoms with E-state index < -0.39 is 5.95 Å². The Hall–Kier alpha value is -2.67. The van der Waals surface area contributed by atoms with Crippen molar-refractivity contribution in [2.75, 3.05) is 20.2 Å². The number of piperidine rings is 1. The zero-order valence-electron chi connectivity index (χ0n) is 17.4. The highest BCUT2D eigenvalue weighted by atomic mass is 19.1. The van der Waals surface area contributed by atoms with Gasteiger partial charge in [-0.25, -0.2) is 4.98 Å². The van der Waals surface area contributed by atoms with Gasteiger partial charge in [-0.3, -0.25) is 4.79 Å². The van der Waals surface area contributed by atoms with Gasteiger partial charge in [-0.2, -0.15) is 4.39 Å². The summed E-state index contributed by atoms with van der Waals surface area (Å²) in [5.41, 5.74) is 1.51. The second-order valence-electron chi connectivity index (χ2n) is 8.04. The summed E-state index contributed by atoms with van der Waals surface area (Å²) >= 11 is 0. The molecule has 0 bridgehead atoms. The number of aromatic nitrogens is 1. The number of methoxy groups -OCH3 is 1. The molecular formula is C23H28FN3O3. The van der Waals surface area contributed by atoms with Gasteiger partial charge in [-0.15, -0.1) is 0 Å². The Morgan fingerprint density at radius 3 is 2.80 bits per heavy atom. The van der Waals surface area contributed by atoms with Crippen LogP contribution in [-0.2, 0) is 11.4 Å². The number of ether oxygens (including phenoxy) is 2. The van der Waals surface area contributed by atoms with Gasteiger partial charge in [-0.05, 0) is 49.6 Å². The summed E-state index contributed by atoms with van der Waals surface area (Å²) in [4.78, 5) is 17.1. The first-order chi connectivity index (χ1) is 14.5. The van der Waals surface area contributed by atoms with Crippen molar-refractivity contribution in [3.63, 3.8) is 0 Å². The quantitative estimate of drug-likeness (QED) is 0.706. The molecule has 2 heterocycles. The highest BCUT2D eigenvalue weighted by Gasteiger charge is 2.41. The van der Waals surface area contributed by atoms with E-state index in [-0.39, 0.29) is 12.5 Å². The van der Waals surface area contributed by atoms with Crippen molar-refractivity contribution in [1.82, 2.24) is 15.2 Å². The normalized spacial score (nSPS) is 21.4. The topological polar surface area (TPSA) is 63.7 Å². The van der Waals surface area contributed by atoms with Crippen LogP contribution in [0.1, 0.15) is 43.2 Å². The molecule has 0 spiro atoms. The monoisotopic (exact) mass is 413 g/mol. The average Bonchev–Trinajstić information content (AvgIpc) is 3.52. The smallest absolute Gasteiger partial charge is 0.219 e. The van der Waals surface area contributed by atoms with Crippen molar-refractivity contribution in [3.8, 4) is 11.5 Å². The Kier molecular flexibility index (Phi) is 6.18. The molecule has 160 valence electrons. The molecule has 1 N–H and O–H groups in total. The van der Waals surface area contributed by atoms with E-state index in [1.54, 1.807) is 26.2 Å². The second kappa shape index (κ2) is 9.00. The maximum atomic E-state index is 13.8. The third-order valence-corrected chi connectivity index (χ3v) is 6.02. The number of carbonyl (C=O) groups is 1. The Bertz CT molecular complexity index is 899. The summed E-state index contributed by atoms with van der Waals surface area (Å²) in [5.74, 6) is 1.51. The van der Waals surface area contributed by atoms with Crippen LogP contribution >= 0.6 is 0 Å². The van der Waals surface area contributed by atoms with Gasteiger partial charge in [0, 0.05) is 55.3 Å². The number of hydrogen-bond donors (Lipinski definition) is 1. The van der Waals surface area contributed by atoms with Crippen LogP contribution in [0.5, 0.6) is 11.5 Å². The summed E-state index contributed by atoms with van der Waals surface area (Å²) in [6, 6.07) is 9.96. The highest BCUT2D eigenvalue weighted by molar-refractivity contribution is 5.73. The number of rotatable bonds is 7. The van der Waals surface area contributed by atoms with E-state index in [1.807, 2.05) is 23.1 Å². The van der Waals surface area contributed by atoms with Crippen LogP contribution in [0.3, 0.4) is 0 Å². The van der Waals surface area contributed by atoms with E-state index in [1.165, 1.54) is 6.20 Å². The van der Waals surface area contributed by atoms with Crippen LogP contribution < -0.4 is 14.8 Å². The van der Waals surface area contributed by atoms with E-state index in [4.69, 9.17) is 9.47 Å². The predicted octanol–water partition coefficient (Wildman–Crippen LogP) is 3.26. The van der Waals surface area contributed by atoms with Crippen LogP contribution in [0.25, 0.3) is 0 Å². The molecule has 2 fully saturated rings. The van der Waals surface area contributed by atoms with Crippen LogP contribution in [-0.4, -0.2) is 48.1 Å². The van der Waals surface area contributed by atoms with E-state index in [2.05, 4.69) is 10.3 Å². The highest BCUT2D eigenvalue weighted by Crippen LogP contribution is 2.46. The minimum absolute atomic E-state index is 0.132. The van der Waals surface area contributed by atoms with E-state index in [9.17, 15) is 9.18 Å². The molecule has 0 radical (unpaired) electrons. The first-order valence-corrected chi connectivity index (χ1v) is 10.5. The van der Waals surface area contributed by atoms with Gasteiger partial charge in [0.05, 0.1) is 7.11 Å². The molecule has 4 rings (SSSR count). The summed E-state index contributed by atoms with van der Waals surface area (Å²) in [7, 11) is 1.65. The lowest BCUT2D eigenvalue weighted by molar-refractivity contribution is -0.129. The Morgan fingerprint density at radius 2 is 2.10 bits per heavy atom. The lowest BCUT2D eigenvalue weighted by atomic mass is 10.0. The molecule has 2 aromatic rings. The largest absolute Gasteiger partial charge is 0.497 e. The van der Waals surface area contributed by atoms with E-state index in [0.717, 1.165) is 49.4 Å². The number of amides is 1. The molecule has 2 atom stereocenters. The number of carbonyl (C=O) groups excluding carboxylic acids is 1. The van der Waals surface area contributed by atoms with Crippen molar-refractivity contribution in [1.29, 1.82) is 0 Å². The lowest BCUT2D eigenvalue weighted by Gasteiger charge is -2.32. The van der Waals surface area contributed by atoms with Gasteiger partial charge in [0.25, 0.3) is 0 Å². The number of benzene rings is 1. The van der Waals surface area contributed by atoms with Crippen LogP contribution in [0.2, 0.25) is 0 Å². The van der Waals surface area contributed by atoms with Gasteiger partial charge in [0.2, 0.25) is 11.9 Å². The fourth-order valence-corrected chi connectivity index (χ4v) is 4.14. The minimum atomic E-state index is -0.504. The molecular weight excluding hydrogens is 385 g/mol. The van der Waals surface area contributed by atoms with Crippen molar-refractivity contribution in [2.45, 2.75) is 50.8 Å². The molecule has 1 aliphatic carbocycles. The number of nitrogens with one attached hydrogen (secondary N) is 1. The molecule has 1 aromatic heterocycles. The molecule has 1 aliphatic heterocycles. The fourth-order valence-electron chi connectivity index (χ4n) is 4.14. The first-order valence-electron chi connectivity index (χ1n) is 10.5. The molecule has 7 heteroatoms. The number of hydrogen-bond acceptors (Lipinski definition) is 5. The van der Waals surface area contributed by atoms with Crippen LogP contribution in [0.15, 0.2) is 36.5 Å². The van der Waals surface area contributed by atoms with Gasteiger partial charge >= 0.3 is 0 Å². The summed E-state index contributed by atoms with van der Waals surface area (Å²) in [5, 5.41) is 3.74. The molecule has 2 aliphatic rings. The minimum Gasteiger partial charge on any atom is -0.497 e. The second-order valence-corrected chi connectivity index (χ2v) is 8.04. The SMILES string of the molecule is COc1ccc(OCc2cccnc2F)c(C2CC2NC2CCN(C(C)=O)CC2)c1. The van der Waals surface area contributed by atoms with Gasteiger partial charge in [-0.1, -0.05) is 0 Å². The summed E-state index contributed by atoms with van der Waals surface area (Å²) in [6.45, 7) is 3.39. The van der Waals surface area contributed by atoms with Crippen molar-refractivity contribution >= 4 is 5.91 Å². The molecule has 2 unspecified atom stereocenters. The third-order valence-electron chi connectivity index (χ3n) is 6.02. The third kappa shape index (κ3) is 4.73. The van der Waals surface area contributed by atoms with Crippen LogP contribution in [0, 0.1) is 5.95 Å². The maximum absolute atomic E-state index is 13.8. The van der Waals surface area contributed by atoms with Gasteiger partial charge < -0.3 is 19.7 Å². The van der Waals surface area contributed by atoms with E-state index >= 15 is 0 Å². The van der Waals surface area contributed by atoms with Gasteiger partial charge in [0.1, 0.15) is 18.1 Å². The zero-order chi connectivity index (χ0) is 21.1. The molecule has 1 saturated carbocycles. The molecule has 1 aromatic carbocycles. The van der Waals surface area contributed by atoms with Crippen molar-refractivity contribution < 1.29 is 18.7 Å². The average molecular weight is 413 g/mol. The van der Waals surface area contributed by atoms with Crippen LogP contribution in [0.4, 0.5) is 4.39 Å². The molecule has 1 saturated heterocycles. The van der Waals surface area contributed by atoms with Crippen molar-refractivity contribution in [3.05, 3.63) is 53.6 Å². The predicted molar refractivity (Wildman–Crippen MR) is 111 cm³/mol. The zero-order valence-corrected chi connectivity index (χ0v) is 17.4. The van der Waals surface area contributed by atoms with E-state index in [0.29, 0.717) is 23.6 Å².